The van der Waals surface area contributed by atoms with Gasteiger partial charge in [-0.25, -0.2) is 4.79 Å². The molecule has 1 rings (SSSR count). The molecule has 0 aliphatic rings. The number of nitrogens with zero attached hydrogens (tertiary/aromatic N) is 1. The molecular formula is C14H22N2O2. The van der Waals surface area contributed by atoms with Crippen LogP contribution < -0.4 is 5.73 Å². The summed E-state index contributed by atoms with van der Waals surface area (Å²) in [5.41, 5.74) is 6.13. The summed E-state index contributed by atoms with van der Waals surface area (Å²) in [4.78, 5) is 13.7. The molecule has 0 saturated carbocycles. The summed E-state index contributed by atoms with van der Waals surface area (Å²) in [6.45, 7) is 7.09. The number of hydrogen-bond acceptors (Lipinski definition) is 3. The monoisotopic (exact) mass is 250 g/mol. The fourth-order valence-electron chi connectivity index (χ4n) is 1.57. The number of rotatable bonds is 4. The molecule has 4 nitrogen and oxygen atoms in total. The molecule has 0 saturated heterocycles. The maximum atomic E-state index is 12.0. The predicted molar refractivity (Wildman–Crippen MR) is 72.1 cm³/mol. The van der Waals surface area contributed by atoms with E-state index in [1.165, 1.54) is 0 Å². The minimum Gasteiger partial charge on any atom is -0.448 e. The van der Waals surface area contributed by atoms with Crippen molar-refractivity contribution in [1.29, 1.82) is 0 Å². The number of benzene rings is 1. The van der Waals surface area contributed by atoms with Gasteiger partial charge in [-0.2, -0.15) is 0 Å². The highest BCUT2D eigenvalue weighted by Crippen LogP contribution is 2.18. The molecule has 2 N–H and O–H groups in total. The normalized spacial score (nSPS) is 11.1. The summed E-state index contributed by atoms with van der Waals surface area (Å²) in [6.07, 6.45) is -0.322. The maximum Gasteiger partial charge on any atom is 0.410 e. The van der Waals surface area contributed by atoms with E-state index in [1.54, 1.807) is 4.90 Å². The highest BCUT2D eigenvalue weighted by Gasteiger charge is 2.27. The zero-order valence-electron chi connectivity index (χ0n) is 11.3. The van der Waals surface area contributed by atoms with Gasteiger partial charge >= 0.3 is 6.09 Å². The van der Waals surface area contributed by atoms with E-state index in [2.05, 4.69) is 0 Å². The van der Waals surface area contributed by atoms with E-state index < -0.39 is 0 Å². The Labute approximate surface area is 109 Å². The highest BCUT2D eigenvalue weighted by molar-refractivity contribution is 5.68. The molecule has 1 aromatic rings. The Hall–Kier alpha value is -1.55. The zero-order chi connectivity index (χ0) is 13.6. The molecular weight excluding hydrogens is 228 g/mol. The predicted octanol–water partition coefficient (Wildman–Crippen LogP) is 2.38. The molecule has 0 fully saturated rings. The van der Waals surface area contributed by atoms with Crippen LogP contribution in [-0.2, 0) is 11.3 Å². The zero-order valence-corrected chi connectivity index (χ0v) is 11.3. The highest BCUT2D eigenvalue weighted by atomic mass is 16.6. The van der Waals surface area contributed by atoms with Crippen molar-refractivity contribution in [3.05, 3.63) is 35.9 Å². The fraction of sp³-hybridized carbons (Fsp3) is 0.500. The molecule has 0 aromatic heterocycles. The third-order valence-corrected chi connectivity index (χ3v) is 2.56. The van der Waals surface area contributed by atoms with Crippen LogP contribution in [0.15, 0.2) is 30.3 Å². The average Bonchev–Trinajstić information content (AvgIpc) is 2.33. The summed E-state index contributed by atoms with van der Waals surface area (Å²) >= 11 is 0. The van der Waals surface area contributed by atoms with Gasteiger partial charge in [-0.15, -0.1) is 0 Å². The van der Waals surface area contributed by atoms with Crippen LogP contribution in [0.3, 0.4) is 0 Å². The van der Waals surface area contributed by atoms with Crippen LogP contribution >= 0.6 is 0 Å². The van der Waals surface area contributed by atoms with Crippen LogP contribution in [0.5, 0.6) is 0 Å². The Bertz CT molecular complexity index is 371. The Kier molecular flexibility index (Phi) is 5.16. The molecule has 18 heavy (non-hydrogen) atoms. The summed E-state index contributed by atoms with van der Waals surface area (Å²) < 4.78 is 5.11. The maximum absolute atomic E-state index is 12.0. The average molecular weight is 250 g/mol. The van der Waals surface area contributed by atoms with Gasteiger partial charge in [-0.1, -0.05) is 30.3 Å². The quantitative estimate of drug-likeness (QED) is 0.892. The molecule has 1 amide bonds. The molecule has 0 aliphatic carbocycles. The van der Waals surface area contributed by atoms with Gasteiger partial charge in [-0.3, -0.25) is 4.90 Å². The lowest BCUT2D eigenvalue weighted by molar-refractivity contribution is 0.0656. The van der Waals surface area contributed by atoms with Crippen LogP contribution in [0.2, 0.25) is 0 Å². The van der Waals surface area contributed by atoms with Crippen molar-refractivity contribution >= 4 is 6.09 Å². The van der Waals surface area contributed by atoms with Gasteiger partial charge in [0.05, 0.1) is 0 Å². The van der Waals surface area contributed by atoms with Gasteiger partial charge in [0.1, 0.15) is 6.61 Å². The van der Waals surface area contributed by atoms with Crippen molar-refractivity contribution in [2.45, 2.75) is 32.9 Å². The third-order valence-electron chi connectivity index (χ3n) is 2.56. The molecule has 0 bridgehead atoms. The first-order valence-corrected chi connectivity index (χ1v) is 6.13. The number of hydrogen-bond donors (Lipinski definition) is 1. The van der Waals surface area contributed by atoms with Crippen molar-refractivity contribution in [3.8, 4) is 0 Å². The van der Waals surface area contributed by atoms with Crippen molar-refractivity contribution in [1.82, 2.24) is 4.90 Å². The lowest BCUT2D eigenvalue weighted by Gasteiger charge is -2.34. The summed E-state index contributed by atoms with van der Waals surface area (Å²) in [5.74, 6) is 0. The first kappa shape index (κ1) is 14.5. The standard InChI is InChI=1S/C14H22N2O2/c1-14(2,3)16(13(17)18-10-9-15)11-12-7-5-4-6-8-12/h4-8H,9-11,15H2,1-3H3. The first-order valence-electron chi connectivity index (χ1n) is 6.13. The number of ether oxygens (including phenoxy) is 1. The molecule has 0 radical (unpaired) electrons. The summed E-state index contributed by atoms with van der Waals surface area (Å²) in [6, 6.07) is 9.87. The van der Waals surface area contributed by atoms with Crippen molar-refractivity contribution < 1.29 is 9.53 Å². The van der Waals surface area contributed by atoms with E-state index in [-0.39, 0.29) is 18.2 Å². The second-order valence-electron chi connectivity index (χ2n) is 5.15. The lowest BCUT2D eigenvalue weighted by atomic mass is 10.1. The number of carbonyl (C=O) groups is 1. The number of carbonyl (C=O) groups excluding carboxylic acids is 1. The molecule has 0 unspecified atom stereocenters. The smallest absolute Gasteiger partial charge is 0.410 e. The summed E-state index contributed by atoms with van der Waals surface area (Å²) in [5, 5.41) is 0. The summed E-state index contributed by atoms with van der Waals surface area (Å²) in [7, 11) is 0. The molecule has 4 heteroatoms. The first-order chi connectivity index (χ1) is 8.45. The van der Waals surface area contributed by atoms with Crippen LogP contribution in [0.1, 0.15) is 26.3 Å². The Morgan fingerprint density at radius 2 is 1.89 bits per heavy atom. The van der Waals surface area contributed by atoms with Crippen molar-refractivity contribution in [3.63, 3.8) is 0 Å². The SMILES string of the molecule is CC(C)(C)N(Cc1ccccc1)C(=O)OCCN. The third kappa shape index (κ3) is 4.37. The minimum absolute atomic E-state index is 0.250. The molecule has 0 atom stereocenters. The minimum atomic E-state index is -0.322. The Balaban J connectivity index is 2.77. The van der Waals surface area contributed by atoms with Crippen LogP contribution in [0.4, 0.5) is 4.79 Å². The number of nitrogens with two attached hydrogens (primary N) is 1. The van der Waals surface area contributed by atoms with Gasteiger partial charge in [0, 0.05) is 18.6 Å². The van der Waals surface area contributed by atoms with Crippen molar-refractivity contribution in [2.24, 2.45) is 5.73 Å². The van der Waals surface area contributed by atoms with E-state index in [4.69, 9.17) is 10.5 Å². The molecule has 1 aromatic carbocycles. The van der Waals surface area contributed by atoms with Crippen molar-refractivity contribution in [2.75, 3.05) is 13.2 Å². The second-order valence-corrected chi connectivity index (χ2v) is 5.15. The lowest BCUT2D eigenvalue weighted by Crippen LogP contribution is -2.45. The molecule has 0 spiro atoms. The van der Waals surface area contributed by atoms with Gasteiger partial charge < -0.3 is 10.5 Å². The van der Waals surface area contributed by atoms with E-state index >= 15 is 0 Å². The van der Waals surface area contributed by atoms with E-state index in [9.17, 15) is 4.79 Å². The van der Waals surface area contributed by atoms with Gasteiger partial charge in [0.2, 0.25) is 0 Å². The largest absolute Gasteiger partial charge is 0.448 e. The topological polar surface area (TPSA) is 55.6 Å². The van der Waals surface area contributed by atoms with E-state index in [0.29, 0.717) is 13.1 Å². The van der Waals surface area contributed by atoms with E-state index in [0.717, 1.165) is 5.56 Å². The fourth-order valence-corrected chi connectivity index (χ4v) is 1.57. The molecule has 0 heterocycles. The van der Waals surface area contributed by atoms with Crippen LogP contribution in [-0.4, -0.2) is 29.7 Å². The van der Waals surface area contributed by atoms with E-state index in [1.807, 2.05) is 51.1 Å². The number of amides is 1. The Morgan fingerprint density at radius 1 is 1.28 bits per heavy atom. The van der Waals surface area contributed by atoms with Crippen LogP contribution in [0.25, 0.3) is 0 Å². The second kappa shape index (κ2) is 6.40. The van der Waals surface area contributed by atoms with Gasteiger partial charge in [-0.05, 0) is 26.3 Å². The van der Waals surface area contributed by atoms with Gasteiger partial charge in [0.25, 0.3) is 0 Å². The Morgan fingerprint density at radius 3 is 2.39 bits per heavy atom. The van der Waals surface area contributed by atoms with Gasteiger partial charge in [0.15, 0.2) is 0 Å². The molecule has 100 valence electrons. The molecule has 0 aliphatic heterocycles. The van der Waals surface area contributed by atoms with Crippen LogP contribution in [0, 0.1) is 0 Å².